The number of unbranched alkanes of at least 4 members (excludes halogenated alkanes) is 1. The van der Waals surface area contributed by atoms with Gasteiger partial charge in [0.05, 0.1) is 13.7 Å². The van der Waals surface area contributed by atoms with Crippen molar-refractivity contribution >= 4 is 22.6 Å². The van der Waals surface area contributed by atoms with Crippen molar-refractivity contribution < 1.29 is 9.47 Å². The van der Waals surface area contributed by atoms with E-state index in [0.717, 1.165) is 28.8 Å². The van der Waals surface area contributed by atoms with Crippen LogP contribution in [0.15, 0.2) is 12.3 Å². The normalized spacial score (nSPS) is 9.93. The molecule has 1 rings (SSSR count). The molecule has 1 aromatic heterocycles. The van der Waals surface area contributed by atoms with Gasteiger partial charge in [-0.2, -0.15) is 0 Å². The Balaban J connectivity index is 2.66. The van der Waals surface area contributed by atoms with Crippen LogP contribution in [0.5, 0.6) is 11.6 Å². The van der Waals surface area contributed by atoms with Crippen molar-refractivity contribution in [3.8, 4) is 11.6 Å². The zero-order valence-corrected chi connectivity index (χ0v) is 10.6. The van der Waals surface area contributed by atoms with Gasteiger partial charge in [-0.3, -0.25) is 0 Å². The molecule has 0 aliphatic carbocycles. The molecule has 0 aromatic carbocycles. The van der Waals surface area contributed by atoms with Gasteiger partial charge in [0.1, 0.15) is 9.32 Å². The van der Waals surface area contributed by atoms with E-state index in [0.29, 0.717) is 5.88 Å². The summed E-state index contributed by atoms with van der Waals surface area (Å²) in [4.78, 5) is 4.08. The van der Waals surface area contributed by atoms with Gasteiger partial charge in [-0.1, -0.05) is 13.3 Å². The Morgan fingerprint density at radius 3 is 2.93 bits per heavy atom. The van der Waals surface area contributed by atoms with Crippen LogP contribution in [-0.4, -0.2) is 18.7 Å². The Morgan fingerprint density at radius 2 is 2.29 bits per heavy atom. The lowest BCUT2D eigenvalue weighted by Gasteiger charge is -2.09. The lowest BCUT2D eigenvalue weighted by Crippen LogP contribution is -2.00. The van der Waals surface area contributed by atoms with Crippen LogP contribution >= 0.6 is 22.6 Å². The van der Waals surface area contributed by atoms with E-state index in [-0.39, 0.29) is 0 Å². The van der Waals surface area contributed by atoms with E-state index in [9.17, 15) is 0 Å². The van der Waals surface area contributed by atoms with E-state index in [1.54, 1.807) is 13.3 Å². The number of aromatic nitrogens is 1. The highest BCUT2D eigenvalue weighted by Crippen LogP contribution is 2.27. The lowest BCUT2D eigenvalue weighted by molar-refractivity contribution is 0.302. The summed E-state index contributed by atoms with van der Waals surface area (Å²) in [7, 11) is 1.61. The molecule has 4 heteroatoms. The van der Waals surface area contributed by atoms with Crippen LogP contribution in [0.4, 0.5) is 0 Å². The highest BCUT2D eigenvalue weighted by Gasteiger charge is 2.07. The van der Waals surface area contributed by atoms with Crippen LogP contribution in [0.1, 0.15) is 19.8 Å². The number of methoxy groups -OCH3 is 1. The second kappa shape index (κ2) is 6.06. The molecule has 0 bridgehead atoms. The van der Waals surface area contributed by atoms with Crippen LogP contribution < -0.4 is 9.47 Å². The number of halogens is 1. The molecule has 3 nitrogen and oxygen atoms in total. The van der Waals surface area contributed by atoms with Gasteiger partial charge in [-0.25, -0.2) is 4.98 Å². The first-order chi connectivity index (χ1) is 6.79. The van der Waals surface area contributed by atoms with Gasteiger partial charge in [-0.15, -0.1) is 0 Å². The van der Waals surface area contributed by atoms with Gasteiger partial charge >= 0.3 is 0 Å². The van der Waals surface area contributed by atoms with Crippen molar-refractivity contribution in [2.45, 2.75) is 19.8 Å². The Hall–Kier alpha value is -0.520. The smallest absolute Gasteiger partial charge is 0.230 e. The molecule has 0 radical (unpaired) electrons. The molecule has 78 valence electrons. The fourth-order valence-electron chi connectivity index (χ4n) is 0.988. The van der Waals surface area contributed by atoms with Crippen molar-refractivity contribution in [2.75, 3.05) is 13.7 Å². The molecule has 1 heterocycles. The summed E-state index contributed by atoms with van der Waals surface area (Å²) in [5, 5.41) is 0. The first-order valence-corrected chi connectivity index (χ1v) is 5.68. The number of ether oxygens (including phenoxy) is 2. The quantitative estimate of drug-likeness (QED) is 0.619. The molecule has 0 atom stereocenters. The molecule has 0 unspecified atom stereocenters. The molecule has 0 spiro atoms. The molecule has 0 aliphatic heterocycles. The van der Waals surface area contributed by atoms with Crippen molar-refractivity contribution in [2.24, 2.45) is 0 Å². The number of rotatable bonds is 5. The summed E-state index contributed by atoms with van der Waals surface area (Å²) in [6.45, 7) is 2.89. The fourth-order valence-corrected chi connectivity index (χ4v) is 1.68. The molecule has 0 amide bonds. The van der Waals surface area contributed by atoms with Gasteiger partial charge in [0.25, 0.3) is 0 Å². The van der Waals surface area contributed by atoms with Gasteiger partial charge in [0.15, 0.2) is 0 Å². The topological polar surface area (TPSA) is 31.4 Å². The van der Waals surface area contributed by atoms with Gasteiger partial charge in [0.2, 0.25) is 5.88 Å². The average molecular weight is 307 g/mol. The molecule has 14 heavy (non-hydrogen) atoms. The van der Waals surface area contributed by atoms with Gasteiger partial charge < -0.3 is 9.47 Å². The largest absolute Gasteiger partial charge is 0.492 e. The van der Waals surface area contributed by atoms with E-state index in [4.69, 9.17) is 9.47 Å². The Kier molecular flexibility index (Phi) is 5.00. The van der Waals surface area contributed by atoms with Crippen molar-refractivity contribution in [1.82, 2.24) is 4.98 Å². The Bertz CT molecular complexity index is 291. The van der Waals surface area contributed by atoms with Crippen LogP contribution in [0.3, 0.4) is 0 Å². The van der Waals surface area contributed by atoms with E-state index >= 15 is 0 Å². The highest BCUT2D eigenvalue weighted by atomic mass is 127. The summed E-state index contributed by atoms with van der Waals surface area (Å²) in [6, 6.07) is 1.86. The second-order valence-electron chi connectivity index (χ2n) is 2.83. The molecule has 0 saturated carbocycles. The van der Waals surface area contributed by atoms with Crippen molar-refractivity contribution in [1.29, 1.82) is 0 Å². The minimum Gasteiger partial charge on any atom is -0.492 e. The minimum absolute atomic E-state index is 0.625. The molecule has 1 aromatic rings. The van der Waals surface area contributed by atoms with Crippen LogP contribution in [0.25, 0.3) is 0 Å². The Morgan fingerprint density at radius 1 is 1.50 bits per heavy atom. The Labute approximate surface area is 98.0 Å². The maximum absolute atomic E-state index is 5.59. The molecule has 0 N–H and O–H groups in total. The number of hydrogen-bond acceptors (Lipinski definition) is 3. The molecular weight excluding hydrogens is 293 g/mol. The SMILES string of the molecule is CCCCOc1ccnc(OC)c1I. The summed E-state index contributed by atoms with van der Waals surface area (Å²) in [5.41, 5.74) is 0. The monoisotopic (exact) mass is 307 g/mol. The zero-order valence-electron chi connectivity index (χ0n) is 8.42. The van der Waals surface area contributed by atoms with E-state index in [1.165, 1.54) is 0 Å². The second-order valence-corrected chi connectivity index (χ2v) is 3.91. The fraction of sp³-hybridized carbons (Fsp3) is 0.500. The summed E-state index contributed by atoms with van der Waals surface area (Å²) >= 11 is 2.18. The van der Waals surface area contributed by atoms with E-state index < -0.39 is 0 Å². The van der Waals surface area contributed by atoms with Crippen LogP contribution in [0.2, 0.25) is 0 Å². The lowest BCUT2D eigenvalue weighted by atomic mass is 10.3. The van der Waals surface area contributed by atoms with Gasteiger partial charge in [0, 0.05) is 6.20 Å². The molecular formula is C10H14INO2. The predicted octanol–water partition coefficient (Wildman–Crippen LogP) is 2.87. The number of nitrogens with zero attached hydrogens (tertiary/aromatic N) is 1. The first kappa shape index (κ1) is 11.6. The number of hydrogen-bond donors (Lipinski definition) is 0. The third kappa shape index (κ3) is 3.01. The predicted molar refractivity (Wildman–Crippen MR) is 63.9 cm³/mol. The zero-order chi connectivity index (χ0) is 10.4. The molecule has 0 aliphatic rings. The standard InChI is InChI=1S/C10H14INO2/c1-3-4-7-14-8-5-6-12-10(13-2)9(8)11/h5-6H,3-4,7H2,1-2H3. The maximum atomic E-state index is 5.59. The summed E-state index contributed by atoms with van der Waals surface area (Å²) < 4.78 is 11.6. The van der Waals surface area contributed by atoms with E-state index in [1.807, 2.05) is 6.07 Å². The third-order valence-electron chi connectivity index (χ3n) is 1.77. The maximum Gasteiger partial charge on any atom is 0.230 e. The average Bonchev–Trinajstić information content (AvgIpc) is 2.21. The van der Waals surface area contributed by atoms with Crippen molar-refractivity contribution in [3.05, 3.63) is 15.8 Å². The summed E-state index contributed by atoms with van der Waals surface area (Å²) in [5.74, 6) is 1.48. The number of pyridine rings is 1. The van der Waals surface area contributed by atoms with Crippen LogP contribution in [-0.2, 0) is 0 Å². The molecule has 0 fully saturated rings. The van der Waals surface area contributed by atoms with E-state index in [2.05, 4.69) is 34.5 Å². The van der Waals surface area contributed by atoms with Crippen molar-refractivity contribution in [3.63, 3.8) is 0 Å². The minimum atomic E-state index is 0.625. The third-order valence-corrected chi connectivity index (χ3v) is 2.76. The molecule has 0 saturated heterocycles. The first-order valence-electron chi connectivity index (χ1n) is 4.61. The summed E-state index contributed by atoms with van der Waals surface area (Å²) in [6.07, 6.45) is 3.90. The van der Waals surface area contributed by atoms with Crippen LogP contribution in [0, 0.1) is 3.57 Å². The highest BCUT2D eigenvalue weighted by molar-refractivity contribution is 14.1. The van der Waals surface area contributed by atoms with Gasteiger partial charge in [-0.05, 0) is 35.1 Å².